The van der Waals surface area contributed by atoms with E-state index in [2.05, 4.69) is 40.2 Å². The van der Waals surface area contributed by atoms with E-state index in [0.29, 0.717) is 12.5 Å². The number of hydrogen-bond donors (Lipinski definition) is 0. The van der Waals surface area contributed by atoms with Gasteiger partial charge in [0.1, 0.15) is 0 Å². The molecule has 0 aromatic carbocycles. The lowest BCUT2D eigenvalue weighted by Gasteiger charge is -2.13. The first kappa shape index (κ1) is 25.0. The van der Waals surface area contributed by atoms with Crippen LogP contribution in [0.3, 0.4) is 0 Å². The summed E-state index contributed by atoms with van der Waals surface area (Å²) in [4.78, 5) is 0. The molecule has 0 fully saturated rings. The molecule has 3 heteroatoms. The second kappa shape index (κ2) is 12.4. The van der Waals surface area contributed by atoms with E-state index in [4.69, 9.17) is 4.74 Å². The van der Waals surface area contributed by atoms with Crippen molar-refractivity contribution in [1.29, 1.82) is 0 Å². The van der Waals surface area contributed by atoms with E-state index in [0.717, 1.165) is 24.0 Å². The predicted octanol–water partition coefficient (Wildman–Crippen LogP) is 7.58. The molecular formula is C24H34F2O. The van der Waals surface area contributed by atoms with Gasteiger partial charge in [-0.3, -0.25) is 0 Å². The van der Waals surface area contributed by atoms with Crippen LogP contribution in [0.1, 0.15) is 40.5 Å². The van der Waals surface area contributed by atoms with Crippen molar-refractivity contribution in [2.24, 2.45) is 11.8 Å². The molecule has 0 aliphatic carbocycles. The summed E-state index contributed by atoms with van der Waals surface area (Å²) in [5.74, 6) is -1.96. The van der Waals surface area contributed by atoms with Crippen LogP contribution in [0.2, 0.25) is 0 Å². The van der Waals surface area contributed by atoms with Crippen LogP contribution in [-0.2, 0) is 4.74 Å². The number of halogens is 2. The van der Waals surface area contributed by atoms with Gasteiger partial charge in [-0.25, -0.2) is 8.78 Å². The van der Waals surface area contributed by atoms with Gasteiger partial charge in [-0.2, -0.15) is 0 Å². The molecule has 2 atom stereocenters. The minimum atomic E-state index is -1.04. The smallest absolute Gasteiger partial charge is 0.166 e. The highest BCUT2D eigenvalue weighted by Gasteiger charge is 2.18. The summed E-state index contributed by atoms with van der Waals surface area (Å²) in [6.07, 6.45) is 7.18. The number of hydrogen-bond acceptors (Lipinski definition) is 1. The van der Waals surface area contributed by atoms with Crippen molar-refractivity contribution in [2.75, 3.05) is 13.7 Å². The molecule has 0 amide bonds. The summed E-state index contributed by atoms with van der Waals surface area (Å²) >= 11 is 0. The van der Waals surface area contributed by atoms with Gasteiger partial charge in [0.2, 0.25) is 0 Å². The third-order valence-electron chi connectivity index (χ3n) is 4.58. The van der Waals surface area contributed by atoms with Gasteiger partial charge < -0.3 is 4.74 Å². The van der Waals surface area contributed by atoms with Crippen molar-refractivity contribution in [2.45, 2.75) is 40.5 Å². The fourth-order valence-electron chi connectivity index (χ4n) is 2.15. The molecule has 0 aromatic rings. The van der Waals surface area contributed by atoms with E-state index in [9.17, 15) is 8.78 Å². The fourth-order valence-corrected chi connectivity index (χ4v) is 2.15. The zero-order valence-corrected chi connectivity index (χ0v) is 17.5. The normalized spacial score (nSPS) is 15.3. The maximum Gasteiger partial charge on any atom is 0.166 e. The van der Waals surface area contributed by atoms with Crippen LogP contribution >= 0.6 is 0 Å². The molecular weight excluding hydrogens is 342 g/mol. The number of rotatable bonds is 12. The lowest BCUT2D eigenvalue weighted by molar-refractivity contribution is 0.227. The molecule has 27 heavy (non-hydrogen) atoms. The maximum absolute atomic E-state index is 14.6. The van der Waals surface area contributed by atoms with Gasteiger partial charge in [0.25, 0.3) is 0 Å². The van der Waals surface area contributed by atoms with Crippen LogP contribution in [0.15, 0.2) is 84.1 Å². The Morgan fingerprint density at radius 2 is 1.59 bits per heavy atom. The van der Waals surface area contributed by atoms with E-state index in [1.54, 1.807) is 20.1 Å². The van der Waals surface area contributed by atoms with E-state index in [1.165, 1.54) is 0 Å². The predicted molar refractivity (Wildman–Crippen MR) is 114 cm³/mol. The monoisotopic (exact) mass is 376 g/mol. The zero-order valence-electron chi connectivity index (χ0n) is 17.5. The van der Waals surface area contributed by atoms with Crippen molar-refractivity contribution in [1.82, 2.24) is 0 Å². The summed E-state index contributed by atoms with van der Waals surface area (Å²) in [6, 6.07) is 0. The van der Waals surface area contributed by atoms with Crippen molar-refractivity contribution >= 4 is 0 Å². The zero-order chi connectivity index (χ0) is 21.1. The maximum atomic E-state index is 14.6. The highest BCUT2D eigenvalue weighted by atomic mass is 19.2. The molecule has 0 rings (SSSR count). The molecule has 0 saturated heterocycles. The molecule has 0 aromatic heterocycles. The summed E-state index contributed by atoms with van der Waals surface area (Å²) in [5.41, 5.74) is 1.89. The summed E-state index contributed by atoms with van der Waals surface area (Å²) < 4.78 is 34.3. The van der Waals surface area contributed by atoms with Crippen LogP contribution in [0.25, 0.3) is 0 Å². The molecule has 0 radical (unpaired) electrons. The molecule has 0 spiro atoms. The second-order valence-corrected chi connectivity index (χ2v) is 6.78. The van der Waals surface area contributed by atoms with Gasteiger partial charge in [-0.15, -0.1) is 0 Å². The van der Waals surface area contributed by atoms with Crippen LogP contribution in [0.4, 0.5) is 8.78 Å². The number of ether oxygens (including phenoxy) is 1. The lowest BCUT2D eigenvalue weighted by Crippen LogP contribution is -2.01. The first-order chi connectivity index (χ1) is 12.6. The Balaban J connectivity index is 5.47. The lowest BCUT2D eigenvalue weighted by atomic mass is 9.95. The fraction of sp³-hybridized carbons (Fsp3) is 0.417. The number of allylic oxidation sites excluding steroid dienone is 8. The minimum absolute atomic E-state index is 0.0834. The van der Waals surface area contributed by atoms with Gasteiger partial charge in [0, 0.05) is 18.6 Å². The van der Waals surface area contributed by atoms with E-state index in [-0.39, 0.29) is 22.6 Å². The van der Waals surface area contributed by atoms with Crippen LogP contribution in [0.5, 0.6) is 0 Å². The standard InChI is InChI=1S/C24H34F2O/c1-10-16(3)12-13-18(5)20(7)23(25)24(26)21(8)19(6)14-22(15-27-9)17(4)11-2/h12-14,16,18H,4,6-8,10-11,15H2,1-3,5,9H3/b13-12-,22-14-,24-23-. The molecule has 0 N–H and O–H groups in total. The van der Waals surface area contributed by atoms with Gasteiger partial charge in [-0.1, -0.05) is 72.6 Å². The van der Waals surface area contributed by atoms with Crippen molar-refractivity contribution in [3.63, 3.8) is 0 Å². The third-order valence-corrected chi connectivity index (χ3v) is 4.58. The first-order valence-corrected chi connectivity index (χ1v) is 9.29. The van der Waals surface area contributed by atoms with Gasteiger partial charge in [0.05, 0.1) is 6.61 Å². The van der Waals surface area contributed by atoms with Crippen molar-refractivity contribution in [3.05, 3.63) is 84.1 Å². The molecule has 1 nitrogen and oxygen atoms in total. The second-order valence-electron chi connectivity index (χ2n) is 6.78. The Morgan fingerprint density at radius 3 is 2.07 bits per heavy atom. The molecule has 2 unspecified atom stereocenters. The van der Waals surface area contributed by atoms with E-state index < -0.39 is 11.7 Å². The SMILES string of the molecule is C=C(/C=C(/COC)C(=C)CC)C(=C)/C(F)=C(/F)C(=C)C(C)/C=C\C(C)CC. The van der Waals surface area contributed by atoms with Crippen molar-refractivity contribution < 1.29 is 13.5 Å². The Labute approximate surface area is 164 Å². The Morgan fingerprint density at radius 1 is 1.00 bits per heavy atom. The summed E-state index contributed by atoms with van der Waals surface area (Å²) in [5, 5.41) is 0. The summed E-state index contributed by atoms with van der Waals surface area (Å²) in [7, 11) is 1.56. The molecule has 0 aliphatic rings. The highest BCUT2D eigenvalue weighted by Crippen LogP contribution is 2.31. The average molecular weight is 377 g/mol. The van der Waals surface area contributed by atoms with Gasteiger partial charge in [-0.05, 0) is 40.7 Å². The first-order valence-electron chi connectivity index (χ1n) is 9.29. The number of methoxy groups -OCH3 is 1. The van der Waals surface area contributed by atoms with Crippen LogP contribution < -0.4 is 0 Å². The summed E-state index contributed by atoms with van der Waals surface area (Å²) in [6.45, 7) is 23.3. The molecule has 150 valence electrons. The van der Waals surface area contributed by atoms with Gasteiger partial charge >= 0.3 is 0 Å². The topological polar surface area (TPSA) is 9.23 Å². The Hall–Kier alpha value is -2.00. The molecule has 0 aliphatic heterocycles. The van der Waals surface area contributed by atoms with Gasteiger partial charge in [0.15, 0.2) is 11.7 Å². The highest BCUT2D eigenvalue weighted by molar-refractivity contribution is 5.52. The molecule has 0 heterocycles. The Kier molecular flexibility index (Phi) is 11.5. The molecule has 0 saturated carbocycles. The average Bonchev–Trinajstić information content (AvgIpc) is 2.67. The largest absolute Gasteiger partial charge is 0.380 e. The van der Waals surface area contributed by atoms with Crippen LogP contribution in [-0.4, -0.2) is 13.7 Å². The van der Waals surface area contributed by atoms with E-state index >= 15 is 0 Å². The Bertz CT molecular complexity index is 662. The van der Waals surface area contributed by atoms with Crippen LogP contribution in [0, 0.1) is 11.8 Å². The van der Waals surface area contributed by atoms with E-state index in [1.807, 2.05) is 19.1 Å². The molecule has 0 bridgehead atoms. The van der Waals surface area contributed by atoms with Crippen molar-refractivity contribution in [3.8, 4) is 0 Å². The quantitative estimate of drug-likeness (QED) is 0.252. The minimum Gasteiger partial charge on any atom is -0.380 e. The third kappa shape index (κ3) is 8.04.